The summed E-state index contributed by atoms with van der Waals surface area (Å²) in [5, 5.41) is 9.32. The number of methoxy groups -OCH3 is 1. The lowest BCUT2D eigenvalue weighted by Crippen LogP contribution is -2.07. The highest BCUT2D eigenvalue weighted by molar-refractivity contribution is 5.96. The maximum atomic E-state index is 11.4. The van der Waals surface area contributed by atoms with Crippen LogP contribution < -0.4 is 4.74 Å². The molecule has 0 saturated carbocycles. The summed E-state index contributed by atoms with van der Waals surface area (Å²) in [7, 11) is 1.54. The van der Waals surface area contributed by atoms with E-state index >= 15 is 0 Å². The van der Waals surface area contributed by atoms with E-state index in [9.17, 15) is 9.90 Å². The minimum Gasteiger partial charge on any atom is -0.496 e. The van der Waals surface area contributed by atoms with Gasteiger partial charge in [-0.1, -0.05) is 11.6 Å². The van der Waals surface area contributed by atoms with Crippen LogP contribution in [0, 0.1) is 13.8 Å². The largest absolute Gasteiger partial charge is 0.496 e. The zero-order valence-electron chi connectivity index (χ0n) is 11.0. The van der Waals surface area contributed by atoms with Gasteiger partial charge in [0.1, 0.15) is 17.6 Å². The van der Waals surface area contributed by atoms with Gasteiger partial charge in [-0.25, -0.2) is 14.8 Å². The molecule has 0 aliphatic carbocycles. The summed E-state index contributed by atoms with van der Waals surface area (Å²) in [5.41, 5.74) is 2.57. The third kappa shape index (κ3) is 2.40. The SMILES string of the molecule is COc1ccc(C)cc1-c1ncnc(C)c1C(=O)O. The summed E-state index contributed by atoms with van der Waals surface area (Å²) < 4.78 is 5.28. The molecule has 0 saturated heterocycles. The summed E-state index contributed by atoms with van der Waals surface area (Å²) in [4.78, 5) is 19.4. The first-order valence-corrected chi connectivity index (χ1v) is 5.74. The van der Waals surface area contributed by atoms with Crippen molar-refractivity contribution in [2.24, 2.45) is 0 Å². The molecule has 2 aromatic rings. The van der Waals surface area contributed by atoms with E-state index in [4.69, 9.17) is 4.74 Å². The molecule has 0 radical (unpaired) electrons. The van der Waals surface area contributed by atoms with Gasteiger partial charge in [-0.15, -0.1) is 0 Å². The Kier molecular flexibility index (Phi) is 3.46. The van der Waals surface area contributed by atoms with Gasteiger partial charge >= 0.3 is 5.97 Å². The maximum Gasteiger partial charge on any atom is 0.339 e. The quantitative estimate of drug-likeness (QED) is 0.915. The Morgan fingerprint density at radius 3 is 2.63 bits per heavy atom. The molecule has 0 atom stereocenters. The number of rotatable bonds is 3. The first kappa shape index (κ1) is 13.0. The average Bonchev–Trinajstić information content (AvgIpc) is 2.37. The Morgan fingerprint density at radius 2 is 2.00 bits per heavy atom. The summed E-state index contributed by atoms with van der Waals surface area (Å²) in [5.74, 6) is -0.456. The molecule has 0 fully saturated rings. The Balaban J connectivity index is 2.75. The predicted octanol–water partition coefficient (Wildman–Crippen LogP) is 2.47. The third-order valence-corrected chi connectivity index (χ3v) is 2.86. The van der Waals surface area contributed by atoms with E-state index in [2.05, 4.69) is 9.97 Å². The fraction of sp³-hybridized carbons (Fsp3) is 0.214. The van der Waals surface area contributed by atoms with Crippen LogP contribution >= 0.6 is 0 Å². The zero-order chi connectivity index (χ0) is 14.0. The molecule has 0 amide bonds. The number of ether oxygens (including phenoxy) is 1. The number of hydrogen-bond donors (Lipinski definition) is 1. The summed E-state index contributed by atoms with van der Waals surface area (Å²) in [6.07, 6.45) is 1.36. The highest BCUT2D eigenvalue weighted by Crippen LogP contribution is 2.32. The van der Waals surface area contributed by atoms with Crippen molar-refractivity contribution in [1.29, 1.82) is 0 Å². The molecule has 2 rings (SSSR count). The number of nitrogens with zero attached hydrogens (tertiary/aromatic N) is 2. The first-order valence-electron chi connectivity index (χ1n) is 5.74. The molecule has 0 aliphatic rings. The van der Waals surface area contributed by atoms with Gasteiger partial charge in [-0.3, -0.25) is 0 Å². The van der Waals surface area contributed by atoms with E-state index in [0.717, 1.165) is 5.56 Å². The van der Waals surface area contributed by atoms with E-state index in [1.165, 1.54) is 6.33 Å². The first-order chi connectivity index (χ1) is 9.04. The standard InChI is InChI=1S/C14H14N2O3/c1-8-4-5-11(19-3)10(6-8)13-12(14(17)18)9(2)15-7-16-13/h4-7H,1-3H3,(H,17,18). The fourth-order valence-electron chi connectivity index (χ4n) is 1.94. The van der Waals surface area contributed by atoms with Crippen LogP contribution in [0.1, 0.15) is 21.6 Å². The second-order valence-electron chi connectivity index (χ2n) is 4.19. The van der Waals surface area contributed by atoms with Crippen molar-refractivity contribution >= 4 is 5.97 Å². The minimum atomic E-state index is -1.04. The summed E-state index contributed by atoms with van der Waals surface area (Å²) in [6.45, 7) is 3.58. The fourth-order valence-corrected chi connectivity index (χ4v) is 1.94. The number of aryl methyl sites for hydroxylation is 2. The van der Waals surface area contributed by atoms with Crippen molar-refractivity contribution < 1.29 is 14.6 Å². The van der Waals surface area contributed by atoms with Crippen molar-refractivity contribution in [3.63, 3.8) is 0 Å². The van der Waals surface area contributed by atoms with E-state index < -0.39 is 5.97 Å². The van der Waals surface area contributed by atoms with Crippen LogP contribution in [0.2, 0.25) is 0 Å². The average molecular weight is 258 g/mol. The van der Waals surface area contributed by atoms with Gasteiger partial charge in [-0.05, 0) is 26.0 Å². The lowest BCUT2D eigenvalue weighted by atomic mass is 10.0. The molecule has 1 aromatic heterocycles. The molecule has 0 spiro atoms. The van der Waals surface area contributed by atoms with Crippen LogP contribution in [0.25, 0.3) is 11.3 Å². The molecule has 19 heavy (non-hydrogen) atoms. The van der Waals surface area contributed by atoms with Crippen LogP contribution in [0.15, 0.2) is 24.5 Å². The van der Waals surface area contributed by atoms with Crippen molar-refractivity contribution in [3.05, 3.63) is 41.3 Å². The highest BCUT2D eigenvalue weighted by Gasteiger charge is 2.19. The second-order valence-corrected chi connectivity index (χ2v) is 4.19. The van der Waals surface area contributed by atoms with Crippen LogP contribution in [-0.2, 0) is 0 Å². The Bertz CT molecular complexity index is 639. The van der Waals surface area contributed by atoms with Gasteiger partial charge < -0.3 is 9.84 Å². The molecule has 1 heterocycles. The van der Waals surface area contributed by atoms with Crippen LogP contribution in [0.5, 0.6) is 5.75 Å². The van der Waals surface area contributed by atoms with E-state index in [1.54, 1.807) is 20.1 Å². The molecule has 5 heteroatoms. The Hall–Kier alpha value is -2.43. The highest BCUT2D eigenvalue weighted by atomic mass is 16.5. The Morgan fingerprint density at radius 1 is 1.26 bits per heavy atom. The van der Waals surface area contributed by atoms with E-state index in [1.807, 2.05) is 19.1 Å². The molecular weight excluding hydrogens is 244 g/mol. The van der Waals surface area contributed by atoms with Gasteiger partial charge in [0.25, 0.3) is 0 Å². The number of carboxylic acid groups (broad SMARTS) is 1. The number of aromatic nitrogens is 2. The van der Waals surface area contributed by atoms with Crippen molar-refractivity contribution in [2.75, 3.05) is 7.11 Å². The van der Waals surface area contributed by atoms with Gasteiger partial charge in [0.15, 0.2) is 0 Å². The molecule has 0 aliphatic heterocycles. The zero-order valence-corrected chi connectivity index (χ0v) is 11.0. The molecule has 1 N–H and O–H groups in total. The predicted molar refractivity (Wildman–Crippen MR) is 70.5 cm³/mol. The van der Waals surface area contributed by atoms with Crippen molar-refractivity contribution in [2.45, 2.75) is 13.8 Å². The number of aromatic carboxylic acids is 1. The molecule has 5 nitrogen and oxygen atoms in total. The number of carboxylic acids is 1. The summed E-state index contributed by atoms with van der Waals surface area (Å²) >= 11 is 0. The number of benzene rings is 1. The smallest absolute Gasteiger partial charge is 0.339 e. The van der Waals surface area contributed by atoms with Gasteiger partial charge in [0.2, 0.25) is 0 Å². The second kappa shape index (κ2) is 5.06. The topological polar surface area (TPSA) is 72.3 Å². The van der Waals surface area contributed by atoms with Crippen molar-refractivity contribution in [3.8, 4) is 17.0 Å². The molecule has 0 bridgehead atoms. The van der Waals surface area contributed by atoms with Gasteiger partial charge in [0.05, 0.1) is 18.5 Å². The Labute approximate surface area is 110 Å². The van der Waals surface area contributed by atoms with Gasteiger partial charge in [-0.2, -0.15) is 0 Å². The normalized spacial score (nSPS) is 10.3. The maximum absolute atomic E-state index is 11.4. The molecule has 0 unspecified atom stereocenters. The van der Waals surface area contributed by atoms with Crippen molar-refractivity contribution in [1.82, 2.24) is 9.97 Å². The molecule has 98 valence electrons. The third-order valence-electron chi connectivity index (χ3n) is 2.86. The van der Waals surface area contributed by atoms with Gasteiger partial charge in [0, 0.05) is 5.56 Å². The summed E-state index contributed by atoms with van der Waals surface area (Å²) in [6, 6.07) is 5.55. The molecular formula is C14H14N2O3. The van der Waals surface area contributed by atoms with Crippen LogP contribution in [0.4, 0.5) is 0 Å². The number of carbonyl (C=O) groups is 1. The van der Waals surface area contributed by atoms with Crippen LogP contribution in [-0.4, -0.2) is 28.2 Å². The van der Waals surface area contributed by atoms with E-state index in [0.29, 0.717) is 22.7 Å². The molecule has 1 aromatic carbocycles. The lowest BCUT2D eigenvalue weighted by Gasteiger charge is -2.12. The monoisotopic (exact) mass is 258 g/mol. The lowest BCUT2D eigenvalue weighted by molar-refractivity contribution is 0.0696. The van der Waals surface area contributed by atoms with E-state index in [-0.39, 0.29) is 5.56 Å². The number of hydrogen-bond acceptors (Lipinski definition) is 4. The van der Waals surface area contributed by atoms with Crippen LogP contribution in [0.3, 0.4) is 0 Å². The minimum absolute atomic E-state index is 0.103.